The number of anilines is 1. The number of benzene rings is 2. The molecule has 1 aliphatic rings. The Bertz CT molecular complexity index is 1160. The molecule has 0 bridgehead atoms. The quantitative estimate of drug-likeness (QED) is 0.502. The van der Waals surface area contributed by atoms with E-state index in [1.54, 1.807) is 6.07 Å². The molecule has 0 unspecified atom stereocenters. The van der Waals surface area contributed by atoms with E-state index >= 15 is 0 Å². The zero-order chi connectivity index (χ0) is 22.7. The number of nitrogens with zero attached hydrogens (tertiary/aromatic N) is 1. The van der Waals surface area contributed by atoms with Crippen LogP contribution in [0.1, 0.15) is 50.8 Å². The van der Waals surface area contributed by atoms with Crippen LogP contribution >= 0.6 is 11.3 Å². The molecule has 32 heavy (non-hydrogen) atoms. The topological polar surface area (TPSA) is 88.5 Å². The molecule has 2 N–H and O–H groups in total. The Morgan fingerprint density at radius 3 is 2.88 bits per heavy atom. The van der Waals surface area contributed by atoms with Gasteiger partial charge < -0.3 is 9.84 Å². The lowest BCUT2D eigenvalue weighted by atomic mass is 9.98. The lowest BCUT2D eigenvalue weighted by molar-refractivity contribution is -0.137. The third-order valence-corrected chi connectivity index (χ3v) is 6.51. The van der Waals surface area contributed by atoms with Gasteiger partial charge in [-0.3, -0.25) is 14.9 Å². The molecule has 6 nitrogen and oxygen atoms in total. The van der Waals surface area contributed by atoms with Gasteiger partial charge in [0.05, 0.1) is 24.3 Å². The van der Waals surface area contributed by atoms with Crippen LogP contribution < -0.4 is 10.1 Å². The van der Waals surface area contributed by atoms with Gasteiger partial charge in [-0.05, 0) is 61.1 Å². The smallest absolute Gasteiger partial charge is 0.303 e. The summed E-state index contributed by atoms with van der Waals surface area (Å²) >= 11 is 1.34. The Hall–Kier alpha value is -3.26. The number of rotatable bonds is 8. The van der Waals surface area contributed by atoms with Crippen molar-refractivity contribution in [2.45, 2.75) is 38.5 Å². The lowest BCUT2D eigenvalue weighted by Crippen LogP contribution is -2.13. The summed E-state index contributed by atoms with van der Waals surface area (Å²) in [5.41, 5.74) is 3.05. The SMILES string of the molecule is Cc1sc(NC(=O)c2ccccc2F)nc1CCOc1ccc2c(c1)CC[C@H]2CC(=O)O. The van der Waals surface area contributed by atoms with E-state index in [9.17, 15) is 14.0 Å². The first-order valence-electron chi connectivity index (χ1n) is 10.4. The third-order valence-electron chi connectivity index (χ3n) is 5.58. The number of thiazole rings is 1. The fraction of sp³-hybridized carbons (Fsp3) is 0.292. The number of nitrogens with one attached hydrogen (secondary N) is 1. The fourth-order valence-electron chi connectivity index (χ4n) is 3.98. The van der Waals surface area contributed by atoms with Gasteiger partial charge in [0.25, 0.3) is 5.91 Å². The van der Waals surface area contributed by atoms with Gasteiger partial charge in [-0.1, -0.05) is 18.2 Å². The molecule has 1 atom stereocenters. The molecule has 0 aliphatic heterocycles. The number of ether oxygens (including phenoxy) is 1. The highest BCUT2D eigenvalue weighted by Gasteiger charge is 2.25. The first-order valence-corrected chi connectivity index (χ1v) is 11.2. The minimum atomic E-state index is -0.772. The average molecular weight is 455 g/mol. The maximum atomic E-state index is 13.8. The van der Waals surface area contributed by atoms with Gasteiger partial charge in [-0.2, -0.15) is 0 Å². The van der Waals surface area contributed by atoms with Crippen LogP contribution in [0.3, 0.4) is 0 Å². The Balaban J connectivity index is 1.33. The summed E-state index contributed by atoms with van der Waals surface area (Å²) in [6.07, 6.45) is 2.44. The normalized spacial score (nSPS) is 14.8. The fourth-order valence-corrected chi connectivity index (χ4v) is 4.84. The molecule has 1 amide bonds. The summed E-state index contributed by atoms with van der Waals surface area (Å²) in [7, 11) is 0. The van der Waals surface area contributed by atoms with E-state index in [0.717, 1.165) is 40.3 Å². The van der Waals surface area contributed by atoms with Gasteiger partial charge in [0, 0.05) is 11.3 Å². The minimum absolute atomic E-state index is 0.0209. The number of aryl methyl sites for hydroxylation is 2. The van der Waals surface area contributed by atoms with Crippen LogP contribution in [0, 0.1) is 12.7 Å². The predicted molar refractivity (Wildman–Crippen MR) is 120 cm³/mol. The molecule has 1 heterocycles. The number of hydrogen-bond acceptors (Lipinski definition) is 5. The average Bonchev–Trinajstić information content (AvgIpc) is 3.30. The van der Waals surface area contributed by atoms with Crippen LogP contribution in [0.4, 0.5) is 9.52 Å². The second-order valence-electron chi connectivity index (χ2n) is 7.75. The number of halogens is 1. The number of carbonyl (C=O) groups is 2. The summed E-state index contributed by atoms with van der Waals surface area (Å²) < 4.78 is 19.7. The highest BCUT2D eigenvalue weighted by molar-refractivity contribution is 7.15. The van der Waals surface area contributed by atoms with Gasteiger partial charge in [0.15, 0.2) is 5.13 Å². The van der Waals surface area contributed by atoms with E-state index in [4.69, 9.17) is 9.84 Å². The van der Waals surface area contributed by atoms with Crippen LogP contribution in [-0.2, 0) is 17.6 Å². The molecule has 4 rings (SSSR count). The van der Waals surface area contributed by atoms with Gasteiger partial charge in [0.1, 0.15) is 11.6 Å². The van der Waals surface area contributed by atoms with Crippen molar-refractivity contribution in [3.63, 3.8) is 0 Å². The zero-order valence-corrected chi connectivity index (χ0v) is 18.4. The molecule has 0 spiro atoms. The standard InChI is InChI=1S/C24H23FN2O4S/c1-14-21(26-24(32-14)27-23(30)19-4-2-3-5-20(19)25)10-11-31-17-8-9-18-15(12-17)6-7-16(18)13-22(28)29/h2-5,8-9,12,16H,6-7,10-11,13H2,1H3,(H,28,29)(H,26,27,30)/t16-/m0/s1. The van der Waals surface area contributed by atoms with Crippen molar-refractivity contribution in [1.82, 2.24) is 4.98 Å². The number of carboxylic acid groups (broad SMARTS) is 1. The molecule has 0 saturated heterocycles. The molecular weight excluding hydrogens is 431 g/mol. The summed E-state index contributed by atoms with van der Waals surface area (Å²) in [6, 6.07) is 11.7. The molecule has 0 radical (unpaired) electrons. The van der Waals surface area contributed by atoms with Crippen molar-refractivity contribution in [1.29, 1.82) is 0 Å². The van der Waals surface area contributed by atoms with Crippen LogP contribution in [0.5, 0.6) is 5.75 Å². The van der Waals surface area contributed by atoms with E-state index in [-0.39, 0.29) is 17.9 Å². The van der Waals surface area contributed by atoms with Crippen LogP contribution in [0.2, 0.25) is 0 Å². The van der Waals surface area contributed by atoms with Crippen molar-refractivity contribution in [2.24, 2.45) is 0 Å². The monoisotopic (exact) mass is 454 g/mol. The first kappa shape index (κ1) is 22.0. The molecule has 0 fully saturated rings. The lowest BCUT2D eigenvalue weighted by Gasteiger charge is -2.10. The minimum Gasteiger partial charge on any atom is -0.493 e. The van der Waals surface area contributed by atoms with Crippen LogP contribution in [0.15, 0.2) is 42.5 Å². The van der Waals surface area contributed by atoms with Gasteiger partial charge in [-0.25, -0.2) is 9.37 Å². The van der Waals surface area contributed by atoms with Gasteiger partial charge >= 0.3 is 5.97 Å². The maximum absolute atomic E-state index is 13.8. The molecular formula is C24H23FN2O4S. The zero-order valence-electron chi connectivity index (χ0n) is 17.6. The molecule has 1 aliphatic carbocycles. The Morgan fingerprint density at radius 2 is 2.09 bits per heavy atom. The van der Waals surface area contributed by atoms with E-state index in [0.29, 0.717) is 18.2 Å². The van der Waals surface area contributed by atoms with Crippen molar-refractivity contribution in [2.75, 3.05) is 11.9 Å². The molecule has 166 valence electrons. The van der Waals surface area contributed by atoms with Crippen molar-refractivity contribution in [3.05, 3.63) is 75.5 Å². The van der Waals surface area contributed by atoms with Crippen LogP contribution in [-0.4, -0.2) is 28.6 Å². The number of fused-ring (bicyclic) bond motifs is 1. The van der Waals surface area contributed by atoms with Crippen LogP contribution in [0.25, 0.3) is 0 Å². The first-order chi connectivity index (χ1) is 15.4. The molecule has 3 aromatic rings. The highest BCUT2D eigenvalue weighted by Crippen LogP contribution is 2.37. The Kier molecular flexibility index (Phi) is 6.50. The molecule has 2 aromatic carbocycles. The second-order valence-corrected chi connectivity index (χ2v) is 8.95. The van der Waals surface area contributed by atoms with E-state index in [1.165, 1.54) is 29.5 Å². The van der Waals surface area contributed by atoms with E-state index < -0.39 is 17.7 Å². The van der Waals surface area contributed by atoms with Gasteiger partial charge in [0.2, 0.25) is 0 Å². The summed E-state index contributed by atoms with van der Waals surface area (Å²) in [6.45, 7) is 2.34. The van der Waals surface area contributed by atoms with Crippen molar-refractivity contribution >= 4 is 28.3 Å². The van der Waals surface area contributed by atoms with Crippen molar-refractivity contribution in [3.8, 4) is 5.75 Å². The maximum Gasteiger partial charge on any atom is 0.303 e. The second kappa shape index (κ2) is 9.48. The number of carbonyl (C=O) groups excluding carboxylic acids is 1. The summed E-state index contributed by atoms with van der Waals surface area (Å²) in [5.74, 6) is -1.05. The largest absolute Gasteiger partial charge is 0.493 e. The molecule has 8 heteroatoms. The highest BCUT2D eigenvalue weighted by atomic mass is 32.1. The number of aliphatic carboxylic acids is 1. The third kappa shape index (κ3) is 4.96. The summed E-state index contributed by atoms with van der Waals surface area (Å²) in [4.78, 5) is 28.7. The van der Waals surface area contributed by atoms with E-state index in [2.05, 4.69) is 10.3 Å². The Labute approximate surface area is 189 Å². The number of amides is 1. The molecule has 1 aromatic heterocycles. The Morgan fingerprint density at radius 1 is 1.28 bits per heavy atom. The van der Waals surface area contributed by atoms with Crippen molar-refractivity contribution < 1.29 is 23.8 Å². The number of hydrogen-bond donors (Lipinski definition) is 2. The van der Waals surface area contributed by atoms with Gasteiger partial charge in [-0.15, -0.1) is 11.3 Å². The number of aromatic nitrogens is 1. The summed E-state index contributed by atoms with van der Waals surface area (Å²) in [5, 5.41) is 12.1. The van der Waals surface area contributed by atoms with E-state index in [1.807, 2.05) is 25.1 Å². The predicted octanol–water partition coefficient (Wildman–Crippen LogP) is 4.97. The molecule has 0 saturated carbocycles. The number of carboxylic acids is 1.